The van der Waals surface area contributed by atoms with E-state index in [1.54, 1.807) is 0 Å². The summed E-state index contributed by atoms with van der Waals surface area (Å²) in [5.41, 5.74) is 0.884. The molecule has 1 aliphatic heterocycles. The monoisotopic (exact) mass is 366 g/mol. The van der Waals surface area contributed by atoms with Gasteiger partial charge in [-0.2, -0.15) is 0 Å². The Morgan fingerprint density at radius 3 is 2.50 bits per heavy atom. The molecule has 0 unspecified atom stereocenters. The second-order valence-corrected chi connectivity index (χ2v) is 7.17. The molecule has 1 heterocycles. The minimum absolute atomic E-state index is 0.155. The van der Waals surface area contributed by atoms with E-state index < -0.39 is 16.1 Å². The highest BCUT2D eigenvalue weighted by atomic mass is 35.6. The zero-order valence-corrected chi connectivity index (χ0v) is 14.1. The zero-order valence-electron chi connectivity index (χ0n) is 11.8. The molecule has 1 aromatic rings. The number of benzene rings is 1. The third kappa shape index (κ3) is 5.48. The van der Waals surface area contributed by atoms with E-state index >= 15 is 0 Å². The fourth-order valence-electron chi connectivity index (χ4n) is 2.09. The number of amides is 1. The Kier molecular flexibility index (Phi) is 6.59. The number of ether oxygens (including phenoxy) is 2. The highest BCUT2D eigenvalue weighted by Crippen LogP contribution is 2.32. The highest BCUT2D eigenvalue weighted by molar-refractivity contribution is 6.68. The summed E-state index contributed by atoms with van der Waals surface area (Å²) in [6.45, 7) is 2.34. The summed E-state index contributed by atoms with van der Waals surface area (Å²) in [6.07, 6.45) is -1.41. The first-order valence-corrected chi connectivity index (χ1v) is 7.96. The number of alkyl carbamates (subject to hydrolysis) is 1. The van der Waals surface area contributed by atoms with Crippen LogP contribution in [0, 0.1) is 0 Å². The van der Waals surface area contributed by atoms with Crippen molar-refractivity contribution in [2.24, 2.45) is 0 Å². The standard InChI is InChI=1S/C14H17Cl3N2O3/c15-14(16,17)12(19-6-8-21-9-7-19)18-13(20)22-10-11-4-2-1-3-5-11/h1-5,12H,6-10H2,(H,18,20)/t12-/m1/s1. The molecule has 8 heteroatoms. The van der Waals surface area contributed by atoms with Crippen LogP contribution in [0.2, 0.25) is 0 Å². The number of nitrogens with one attached hydrogen (secondary N) is 1. The molecule has 1 saturated heterocycles. The van der Waals surface area contributed by atoms with Gasteiger partial charge in [-0.1, -0.05) is 65.1 Å². The van der Waals surface area contributed by atoms with E-state index in [2.05, 4.69) is 5.32 Å². The van der Waals surface area contributed by atoms with E-state index in [0.717, 1.165) is 5.56 Å². The molecule has 22 heavy (non-hydrogen) atoms. The number of rotatable bonds is 4. The van der Waals surface area contributed by atoms with E-state index in [4.69, 9.17) is 44.3 Å². The van der Waals surface area contributed by atoms with Crippen LogP contribution in [0.5, 0.6) is 0 Å². The lowest BCUT2D eigenvalue weighted by Gasteiger charge is -2.37. The van der Waals surface area contributed by atoms with E-state index in [1.807, 2.05) is 35.2 Å². The Labute approximate surface area is 144 Å². The molecule has 0 spiro atoms. The van der Waals surface area contributed by atoms with Gasteiger partial charge in [0.1, 0.15) is 12.8 Å². The molecule has 1 N–H and O–H groups in total. The number of nitrogens with zero attached hydrogens (tertiary/aromatic N) is 1. The highest BCUT2D eigenvalue weighted by Gasteiger charge is 2.39. The summed E-state index contributed by atoms with van der Waals surface area (Å²) in [4.78, 5) is 13.8. The van der Waals surface area contributed by atoms with E-state index in [-0.39, 0.29) is 6.61 Å². The topological polar surface area (TPSA) is 50.8 Å². The van der Waals surface area contributed by atoms with Gasteiger partial charge in [0.15, 0.2) is 0 Å². The Morgan fingerprint density at radius 1 is 1.27 bits per heavy atom. The molecule has 0 saturated carbocycles. The molecule has 0 radical (unpaired) electrons. The van der Waals surface area contributed by atoms with Crippen LogP contribution in [-0.4, -0.2) is 47.3 Å². The number of hydrogen-bond acceptors (Lipinski definition) is 4. The number of carbonyl (C=O) groups is 1. The number of morpholine rings is 1. The molecule has 5 nitrogen and oxygen atoms in total. The van der Waals surface area contributed by atoms with Crippen molar-refractivity contribution in [2.75, 3.05) is 26.3 Å². The summed E-state index contributed by atoms with van der Waals surface area (Å²) < 4.78 is 8.76. The minimum atomic E-state index is -1.66. The van der Waals surface area contributed by atoms with E-state index in [0.29, 0.717) is 26.3 Å². The van der Waals surface area contributed by atoms with E-state index in [9.17, 15) is 4.79 Å². The second kappa shape index (κ2) is 8.22. The number of alkyl halides is 3. The van der Waals surface area contributed by atoms with Gasteiger partial charge < -0.3 is 14.8 Å². The zero-order chi connectivity index (χ0) is 16.0. The van der Waals surface area contributed by atoms with Gasteiger partial charge in [0.2, 0.25) is 3.79 Å². The van der Waals surface area contributed by atoms with Crippen LogP contribution in [0.25, 0.3) is 0 Å². The summed E-state index contributed by atoms with van der Waals surface area (Å²) in [5, 5.41) is 2.61. The molecule has 0 bridgehead atoms. The summed E-state index contributed by atoms with van der Waals surface area (Å²) >= 11 is 17.9. The van der Waals surface area contributed by atoms with Crippen molar-refractivity contribution >= 4 is 40.9 Å². The third-order valence-electron chi connectivity index (χ3n) is 3.19. The van der Waals surface area contributed by atoms with Gasteiger partial charge in [-0.25, -0.2) is 4.79 Å². The molecular weight excluding hydrogens is 351 g/mol. The number of hydrogen-bond donors (Lipinski definition) is 1. The lowest BCUT2D eigenvalue weighted by molar-refractivity contribution is 0.00866. The second-order valence-electron chi connectivity index (χ2n) is 4.80. The SMILES string of the molecule is O=C(N[C@H](N1CCOCC1)C(Cl)(Cl)Cl)OCc1ccccc1. The van der Waals surface area contributed by atoms with Gasteiger partial charge in [0, 0.05) is 13.1 Å². The van der Waals surface area contributed by atoms with Crippen LogP contribution in [0.15, 0.2) is 30.3 Å². The molecule has 2 rings (SSSR count). The van der Waals surface area contributed by atoms with Gasteiger partial charge in [-0.3, -0.25) is 4.90 Å². The predicted molar refractivity (Wildman–Crippen MR) is 86.2 cm³/mol. The van der Waals surface area contributed by atoms with Crippen LogP contribution in [0.3, 0.4) is 0 Å². The Bertz CT molecular complexity index is 476. The molecule has 1 atom stereocenters. The Morgan fingerprint density at radius 2 is 1.91 bits per heavy atom. The third-order valence-corrected chi connectivity index (χ3v) is 3.81. The summed E-state index contributed by atoms with van der Waals surface area (Å²) in [5.74, 6) is 0. The van der Waals surface area contributed by atoms with Gasteiger partial charge in [-0.15, -0.1) is 0 Å². The van der Waals surface area contributed by atoms with Crippen LogP contribution in [0.1, 0.15) is 5.56 Å². The largest absolute Gasteiger partial charge is 0.445 e. The van der Waals surface area contributed by atoms with Crippen molar-refractivity contribution in [2.45, 2.75) is 16.6 Å². The van der Waals surface area contributed by atoms with Gasteiger partial charge in [0.25, 0.3) is 0 Å². The fraction of sp³-hybridized carbons (Fsp3) is 0.500. The Balaban J connectivity index is 1.90. The molecule has 0 aromatic heterocycles. The molecule has 1 aliphatic rings. The molecule has 1 amide bonds. The van der Waals surface area contributed by atoms with Crippen molar-refractivity contribution in [1.82, 2.24) is 10.2 Å². The maximum atomic E-state index is 11.9. The van der Waals surface area contributed by atoms with Gasteiger partial charge in [0.05, 0.1) is 13.2 Å². The maximum Gasteiger partial charge on any atom is 0.408 e. The van der Waals surface area contributed by atoms with Crippen LogP contribution in [0.4, 0.5) is 4.79 Å². The van der Waals surface area contributed by atoms with Crippen LogP contribution >= 0.6 is 34.8 Å². The average Bonchev–Trinajstić information content (AvgIpc) is 2.51. The van der Waals surface area contributed by atoms with Crippen molar-refractivity contribution in [3.05, 3.63) is 35.9 Å². The van der Waals surface area contributed by atoms with Gasteiger partial charge >= 0.3 is 6.09 Å². The molecule has 0 aliphatic carbocycles. The normalized spacial score (nSPS) is 17.8. The first-order valence-electron chi connectivity index (χ1n) is 6.82. The number of carbonyl (C=O) groups excluding carboxylic acids is 1. The maximum absolute atomic E-state index is 11.9. The van der Waals surface area contributed by atoms with Crippen LogP contribution < -0.4 is 5.32 Å². The van der Waals surface area contributed by atoms with Crippen LogP contribution in [-0.2, 0) is 16.1 Å². The lowest BCUT2D eigenvalue weighted by Crippen LogP contribution is -2.58. The summed E-state index contributed by atoms with van der Waals surface area (Å²) in [6, 6.07) is 9.35. The van der Waals surface area contributed by atoms with Crippen molar-refractivity contribution in [3.8, 4) is 0 Å². The predicted octanol–water partition coefficient (Wildman–Crippen LogP) is 2.94. The molecular formula is C14H17Cl3N2O3. The fourth-order valence-corrected chi connectivity index (χ4v) is 2.67. The lowest BCUT2D eigenvalue weighted by atomic mass is 10.2. The molecule has 122 valence electrons. The van der Waals surface area contributed by atoms with Gasteiger partial charge in [-0.05, 0) is 5.56 Å². The first kappa shape index (κ1) is 17.6. The van der Waals surface area contributed by atoms with Crippen molar-refractivity contribution in [1.29, 1.82) is 0 Å². The average molecular weight is 368 g/mol. The quantitative estimate of drug-likeness (QED) is 0.831. The molecule has 1 fully saturated rings. The summed E-state index contributed by atoms with van der Waals surface area (Å²) in [7, 11) is 0. The van der Waals surface area contributed by atoms with Crippen molar-refractivity contribution in [3.63, 3.8) is 0 Å². The minimum Gasteiger partial charge on any atom is -0.445 e. The van der Waals surface area contributed by atoms with E-state index in [1.165, 1.54) is 0 Å². The first-order chi connectivity index (χ1) is 10.5. The van der Waals surface area contributed by atoms with Crippen molar-refractivity contribution < 1.29 is 14.3 Å². The number of halogens is 3. The Hall–Kier alpha value is -0.720. The smallest absolute Gasteiger partial charge is 0.408 e. The molecule has 1 aromatic carbocycles.